The van der Waals surface area contributed by atoms with Crippen molar-refractivity contribution in [2.24, 2.45) is 0 Å². The fraction of sp³-hybridized carbons (Fsp3) is 0.333. The molecule has 0 aliphatic heterocycles. The van der Waals surface area contributed by atoms with Crippen molar-refractivity contribution in [1.29, 1.82) is 0 Å². The van der Waals surface area contributed by atoms with Crippen LogP contribution in [-0.2, 0) is 0 Å². The van der Waals surface area contributed by atoms with E-state index in [1.54, 1.807) is 6.07 Å². The summed E-state index contributed by atoms with van der Waals surface area (Å²) < 4.78 is 15.3. The van der Waals surface area contributed by atoms with Crippen LogP contribution in [0, 0.1) is 19.7 Å². The van der Waals surface area contributed by atoms with Crippen molar-refractivity contribution in [3.63, 3.8) is 0 Å². The highest BCUT2D eigenvalue weighted by Crippen LogP contribution is 2.30. The third kappa shape index (κ3) is 3.72. The number of hydrogen-bond acceptors (Lipinski definition) is 1. The molecule has 2 rings (SSSR count). The maximum absolute atomic E-state index is 14.2. The Hall–Kier alpha value is -1.19. The van der Waals surface area contributed by atoms with Crippen molar-refractivity contribution in [3.8, 4) is 0 Å². The number of hydrogen-bond donors (Lipinski definition) is 1. The molecule has 1 unspecified atom stereocenters. The molecule has 0 saturated heterocycles. The Morgan fingerprint density at radius 1 is 1.10 bits per heavy atom. The lowest BCUT2D eigenvalue weighted by atomic mass is 9.93. The van der Waals surface area contributed by atoms with Crippen molar-refractivity contribution in [3.05, 3.63) is 68.9 Å². The van der Waals surface area contributed by atoms with E-state index in [0.717, 1.165) is 34.1 Å². The van der Waals surface area contributed by atoms with Gasteiger partial charge in [0.1, 0.15) is 5.82 Å². The van der Waals surface area contributed by atoms with E-state index in [4.69, 9.17) is 0 Å². The predicted molar refractivity (Wildman–Crippen MR) is 90.2 cm³/mol. The number of halogens is 2. The molecule has 3 heteroatoms. The zero-order chi connectivity index (χ0) is 15.4. The summed E-state index contributed by atoms with van der Waals surface area (Å²) in [6.45, 7) is 7.10. The molecule has 1 atom stereocenters. The topological polar surface area (TPSA) is 12.0 Å². The first-order chi connectivity index (χ1) is 10.0. The third-order valence-electron chi connectivity index (χ3n) is 3.67. The number of benzene rings is 2. The van der Waals surface area contributed by atoms with Crippen LogP contribution in [0.1, 0.15) is 41.6 Å². The van der Waals surface area contributed by atoms with Gasteiger partial charge in [-0.1, -0.05) is 47.1 Å². The van der Waals surface area contributed by atoms with E-state index < -0.39 is 0 Å². The average molecular weight is 350 g/mol. The maximum atomic E-state index is 14.2. The van der Waals surface area contributed by atoms with Gasteiger partial charge < -0.3 is 5.32 Å². The standard InChI is InChI=1S/C18H21BrFN/c1-4-9-21-18(14-7-5-6-8-17(14)20)15-10-13(3)16(19)11-12(15)2/h5-8,10-11,18,21H,4,9H2,1-3H3. The molecule has 0 spiro atoms. The Kier molecular flexibility index (Phi) is 5.54. The first kappa shape index (κ1) is 16.2. The Bertz CT molecular complexity index is 625. The first-order valence-corrected chi connectivity index (χ1v) is 8.08. The van der Waals surface area contributed by atoms with Gasteiger partial charge in [-0.25, -0.2) is 4.39 Å². The number of aryl methyl sites for hydroxylation is 2. The molecule has 0 saturated carbocycles. The van der Waals surface area contributed by atoms with Crippen LogP contribution in [0.25, 0.3) is 0 Å². The zero-order valence-corrected chi connectivity index (χ0v) is 14.3. The highest BCUT2D eigenvalue weighted by Gasteiger charge is 2.19. The molecular weight excluding hydrogens is 329 g/mol. The summed E-state index contributed by atoms with van der Waals surface area (Å²) in [7, 11) is 0. The lowest BCUT2D eigenvalue weighted by molar-refractivity contribution is 0.545. The van der Waals surface area contributed by atoms with Crippen LogP contribution in [0.2, 0.25) is 0 Å². The van der Waals surface area contributed by atoms with Gasteiger partial charge in [0.15, 0.2) is 0 Å². The summed E-state index contributed by atoms with van der Waals surface area (Å²) in [5.41, 5.74) is 4.16. The third-order valence-corrected chi connectivity index (χ3v) is 4.53. The molecule has 112 valence electrons. The predicted octanol–water partition coefficient (Wildman–Crippen LogP) is 5.29. The van der Waals surface area contributed by atoms with Crippen LogP contribution in [0.15, 0.2) is 40.9 Å². The molecular formula is C18H21BrFN. The molecule has 1 N–H and O–H groups in total. The molecule has 0 heterocycles. The van der Waals surface area contributed by atoms with Gasteiger partial charge in [-0.15, -0.1) is 0 Å². The van der Waals surface area contributed by atoms with E-state index in [-0.39, 0.29) is 11.9 Å². The number of rotatable bonds is 5. The lowest BCUT2D eigenvalue weighted by Crippen LogP contribution is -2.25. The van der Waals surface area contributed by atoms with Gasteiger partial charge >= 0.3 is 0 Å². The average Bonchev–Trinajstić information content (AvgIpc) is 2.46. The van der Waals surface area contributed by atoms with Gasteiger partial charge in [0.05, 0.1) is 6.04 Å². The Morgan fingerprint density at radius 2 is 1.81 bits per heavy atom. The minimum absolute atomic E-state index is 0.113. The van der Waals surface area contributed by atoms with Gasteiger partial charge in [-0.3, -0.25) is 0 Å². The van der Waals surface area contributed by atoms with Crippen molar-refractivity contribution in [2.45, 2.75) is 33.2 Å². The van der Waals surface area contributed by atoms with E-state index in [0.29, 0.717) is 5.56 Å². The van der Waals surface area contributed by atoms with Crippen molar-refractivity contribution in [1.82, 2.24) is 5.32 Å². The van der Waals surface area contributed by atoms with Crippen molar-refractivity contribution in [2.75, 3.05) is 6.54 Å². The normalized spacial score (nSPS) is 12.4. The van der Waals surface area contributed by atoms with E-state index >= 15 is 0 Å². The second-order valence-corrected chi connectivity index (χ2v) is 6.22. The summed E-state index contributed by atoms with van der Waals surface area (Å²) >= 11 is 3.56. The van der Waals surface area contributed by atoms with Gasteiger partial charge in [0.25, 0.3) is 0 Å². The Balaban J connectivity index is 2.51. The summed E-state index contributed by atoms with van der Waals surface area (Å²) in [5.74, 6) is -0.161. The SMILES string of the molecule is CCCNC(c1cc(C)c(Br)cc1C)c1ccccc1F. The van der Waals surface area contributed by atoms with Crippen LogP contribution in [0.4, 0.5) is 4.39 Å². The fourth-order valence-corrected chi connectivity index (χ4v) is 2.96. The first-order valence-electron chi connectivity index (χ1n) is 7.29. The Morgan fingerprint density at radius 3 is 2.48 bits per heavy atom. The molecule has 0 bridgehead atoms. The second kappa shape index (κ2) is 7.19. The molecule has 0 aliphatic rings. The van der Waals surface area contributed by atoms with E-state index in [9.17, 15) is 4.39 Å². The molecule has 2 aromatic carbocycles. The zero-order valence-electron chi connectivity index (χ0n) is 12.7. The molecule has 21 heavy (non-hydrogen) atoms. The van der Waals surface area contributed by atoms with Crippen LogP contribution < -0.4 is 5.32 Å². The summed E-state index contributed by atoms with van der Waals surface area (Å²) in [5, 5.41) is 3.48. The monoisotopic (exact) mass is 349 g/mol. The molecule has 0 aliphatic carbocycles. The van der Waals surface area contributed by atoms with Crippen molar-refractivity contribution >= 4 is 15.9 Å². The lowest BCUT2D eigenvalue weighted by Gasteiger charge is -2.23. The smallest absolute Gasteiger partial charge is 0.128 e. The van der Waals surface area contributed by atoms with Crippen LogP contribution in [0.5, 0.6) is 0 Å². The highest BCUT2D eigenvalue weighted by molar-refractivity contribution is 9.10. The van der Waals surface area contributed by atoms with E-state index in [1.807, 2.05) is 12.1 Å². The van der Waals surface area contributed by atoms with Crippen LogP contribution in [0.3, 0.4) is 0 Å². The van der Waals surface area contributed by atoms with Crippen LogP contribution >= 0.6 is 15.9 Å². The van der Waals surface area contributed by atoms with Crippen LogP contribution in [-0.4, -0.2) is 6.54 Å². The van der Waals surface area contributed by atoms with Gasteiger partial charge in [0, 0.05) is 10.0 Å². The second-order valence-electron chi connectivity index (χ2n) is 5.37. The van der Waals surface area contributed by atoms with Gasteiger partial charge in [-0.2, -0.15) is 0 Å². The van der Waals surface area contributed by atoms with E-state index in [1.165, 1.54) is 6.07 Å². The Labute approximate surface area is 134 Å². The molecule has 0 amide bonds. The van der Waals surface area contributed by atoms with Crippen molar-refractivity contribution < 1.29 is 4.39 Å². The molecule has 0 fully saturated rings. The maximum Gasteiger partial charge on any atom is 0.128 e. The minimum Gasteiger partial charge on any atom is -0.306 e. The van der Waals surface area contributed by atoms with E-state index in [2.05, 4.69) is 54.2 Å². The molecule has 2 aromatic rings. The minimum atomic E-state index is -0.161. The fourth-order valence-electron chi connectivity index (χ4n) is 2.50. The van der Waals surface area contributed by atoms with Gasteiger partial charge in [-0.05, 0) is 55.6 Å². The quantitative estimate of drug-likeness (QED) is 0.772. The summed E-state index contributed by atoms with van der Waals surface area (Å²) in [4.78, 5) is 0. The summed E-state index contributed by atoms with van der Waals surface area (Å²) in [6, 6.07) is 11.1. The number of nitrogens with one attached hydrogen (secondary N) is 1. The van der Waals surface area contributed by atoms with Gasteiger partial charge in [0.2, 0.25) is 0 Å². The molecule has 1 nitrogen and oxygen atoms in total. The highest BCUT2D eigenvalue weighted by atomic mass is 79.9. The largest absolute Gasteiger partial charge is 0.306 e. The summed E-state index contributed by atoms with van der Waals surface area (Å²) in [6.07, 6.45) is 1.01. The molecule has 0 radical (unpaired) electrons. The molecule has 0 aromatic heterocycles.